The Morgan fingerprint density at radius 1 is 1.29 bits per heavy atom. The molecule has 0 aromatic heterocycles. The number of likely N-dealkylation sites (N-methyl/N-ethyl adjacent to an activating group) is 1. The number of nitrogens with zero attached hydrogens (tertiary/aromatic N) is 1. The van der Waals surface area contributed by atoms with Crippen LogP contribution in [-0.4, -0.2) is 42.8 Å². The summed E-state index contributed by atoms with van der Waals surface area (Å²) < 4.78 is 9.96. The number of carbonyl (C=O) groups excluding carboxylic acids is 2. The molecule has 1 amide bonds. The van der Waals surface area contributed by atoms with E-state index in [1.54, 1.807) is 27.8 Å². The Bertz CT molecular complexity index is 304. The maximum atomic E-state index is 11.8. The molecule has 1 aliphatic carbocycles. The minimum atomic E-state index is -0.560. The first-order chi connectivity index (χ1) is 7.76. The number of esters is 1. The monoisotopic (exact) mass is 243 g/mol. The number of hydrogen-bond donors (Lipinski definition) is 0. The lowest BCUT2D eigenvalue weighted by molar-refractivity contribution is -0.147. The summed E-state index contributed by atoms with van der Waals surface area (Å²) in [7, 11) is 2.91. The van der Waals surface area contributed by atoms with Gasteiger partial charge in [-0.25, -0.2) is 9.59 Å². The second-order valence-electron chi connectivity index (χ2n) is 5.40. The van der Waals surface area contributed by atoms with E-state index in [0.29, 0.717) is 0 Å². The molecule has 0 heterocycles. The lowest BCUT2D eigenvalue weighted by Gasteiger charge is -2.29. The van der Waals surface area contributed by atoms with Gasteiger partial charge >= 0.3 is 12.1 Å². The Kier molecular flexibility index (Phi) is 4.01. The molecule has 1 aliphatic rings. The van der Waals surface area contributed by atoms with Crippen LogP contribution in [0.25, 0.3) is 0 Å². The number of hydrogen-bond acceptors (Lipinski definition) is 4. The molecule has 1 fully saturated rings. The molecule has 0 bridgehead atoms. The van der Waals surface area contributed by atoms with Gasteiger partial charge in [-0.05, 0) is 39.5 Å². The molecule has 0 unspecified atom stereocenters. The van der Waals surface area contributed by atoms with E-state index in [4.69, 9.17) is 9.47 Å². The highest BCUT2D eigenvalue weighted by Crippen LogP contribution is 2.36. The van der Waals surface area contributed by atoms with Crippen molar-refractivity contribution in [1.82, 2.24) is 4.90 Å². The molecule has 0 aliphatic heterocycles. The van der Waals surface area contributed by atoms with E-state index in [0.717, 1.165) is 12.8 Å². The number of methoxy groups -OCH3 is 1. The van der Waals surface area contributed by atoms with Gasteiger partial charge in [-0.3, -0.25) is 4.90 Å². The topological polar surface area (TPSA) is 55.8 Å². The van der Waals surface area contributed by atoms with Crippen LogP contribution in [0.3, 0.4) is 0 Å². The number of carbonyl (C=O) groups is 2. The van der Waals surface area contributed by atoms with Crippen LogP contribution in [0.15, 0.2) is 0 Å². The maximum Gasteiger partial charge on any atom is 0.410 e. The second kappa shape index (κ2) is 4.94. The first-order valence-corrected chi connectivity index (χ1v) is 5.80. The fraction of sp³-hybridized carbons (Fsp3) is 0.833. The van der Waals surface area contributed by atoms with Gasteiger partial charge in [-0.15, -0.1) is 0 Å². The third kappa shape index (κ3) is 3.91. The van der Waals surface area contributed by atoms with E-state index in [9.17, 15) is 9.59 Å². The molecule has 0 radical (unpaired) electrons. The minimum Gasteiger partial charge on any atom is -0.467 e. The molecule has 0 aromatic rings. The van der Waals surface area contributed by atoms with Crippen LogP contribution in [0, 0.1) is 5.92 Å². The zero-order chi connectivity index (χ0) is 13.2. The van der Waals surface area contributed by atoms with E-state index >= 15 is 0 Å². The summed E-state index contributed by atoms with van der Waals surface area (Å²) >= 11 is 0. The Balaban J connectivity index is 2.67. The molecule has 0 spiro atoms. The van der Waals surface area contributed by atoms with Crippen molar-refractivity contribution in [3.63, 3.8) is 0 Å². The Morgan fingerprint density at radius 2 is 1.82 bits per heavy atom. The van der Waals surface area contributed by atoms with Crippen LogP contribution < -0.4 is 0 Å². The van der Waals surface area contributed by atoms with Gasteiger partial charge in [0.1, 0.15) is 11.6 Å². The summed E-state index contributed by atoms with van der Waals surface area (Å²) in [5.41, 5.74) is -0.560. The van der Waals surface area contributed by atoms with Crippen LogP contribution >= 0.6 is 0 Å². The standard InChI is InChI=1S/C12H21NO4/c1-12(2,3)17-11(15)13(4)9(8-6-7-8)10(14)16-5/h8-9H,6-7H2,1-5H3/t9-/m0/s1. The van der Waals surface area contributed by atoms with Gasteiger partial charge in [-0.1, -0.05) is 0 Å². The molecule has 5 heteroatoms. The lowest BCUT2D eigenvalue weighted by atomic mass is 10.1. The van der Waals surface area contributed by atoms with E-state index in [1.807, 2.05) is 0 Å². The van der Waals surface area contributed by atoms with Crippen molar-refractivity contribution in [2.45, 2.75) is 45.3 Å². The highest BCUT2D eigenvalue weighted by molar-refractivity contribution is 5.82. The summed E-state index contributed by atoms with van der Waals surface area (Å²) in [6.07, 6.45) is 1.42. The van der Waals surface area contributed by atoms with Crippen LogP contribution in [0.1, 0.15) is 33.6 Å². The Hall–Kier alpha value is -1.26. The fourth-order valence-electron chi connectivity index (χ4n) is 1.65. The summed E-state index contributed by atoms with van der Waals surface area (Å²) in [5, 5.41) is 0. The highest BCUT2D eigenvalue weighted by atomic mass is 16.6. The molecule has 0 aromatic carbocycles. The minimum absolute atomic E-state index is 0.208. The van der Waals surface area contributed by atoms with Crippen LogP contribution in [-0.2, 0) is 14.3 Å². The summed E-state index contributed by atoms with van der Waals surface area (Å²) in [6.45, 7) is 5.38. The maximum absolute atomic E-state index is 11.8. The van der Waals surface area contributed by atoms with E-state index in [-0.39, 0.29) is 11.9 Å². The number of ether oxygens (including phenoxy) is 2. The molecular weight excluding hydrogens is 222 g/mol. The molecule has 0 saturated heterocycles. The fourth-order valence-corrected chi connectivity index (χ4v) is 1.65. The molecular formula is C12H21NO4. The molecule has 1 atom stereocenters. The van der Waals surface area contributed by atoms with E-state index < -0.39 is 17.7 Å². The zero-order valence-electron chi connectivity index (χ0n) is 11.1. The van der Waals surface area contributed by atoms with Gasteiger partial charge < -0.3 is 9.47 Å². The molecule has 1 saturated carbocycles. The highest BCUT2D eigenvalue weighted by Gasteiger charge is 2.42. The second-order valence-corrected chi connectivity index (χ2v) is 5.40. The van der Waals surface area contributed by atoms with Gasteiger partial charge in [-0.2, -0.15) is 0 Å². The quantitative estimate of drug-likeness (QED) is 0.709. The van der Waals surface area contributed by atoms with Gasteiger partial charge in [0.25, 0.3) is 0 Å². The summed E-state index contributed by atoms with van der Waals surface area (Å²) in [6, 6.07) is -0.519. The largest absolute Gasteiger partial charge is 0.467 e. The van der Waals surface area contributed by atoms with Gasteiger partial charge in [0.2, 0.25) is 0 Å². The number of amides is 1. The average Bonchev–Trinajstić information content (AvgIpc) is 2.99. The lowest BCUT2D eigenvalue weighted by Crippen LogP contribution is -2.46. The van der Waals surface area contributed by atoms with Gasteiger partial charge in [0.15, 0.2) is 0 Å². The van der Waals surface area contributed by atoms with E-state index in [2.05, 4.69) is 0 Å². The zero-order valence-corrected chi connectivity index (χ0v) is 11.1. The number of rotatable bonds is 3. The van der Waals surface area contributed by atoms with Crippen molar-refractivity contribution in [2.24, 2.45) is 5.92 Å². The van der Waals surface area contributed by atoms with Crippen molar-refractivity contribution in [2.75, 3.05) is 14.2 Å². The molecule has 1 rings (SSSR count). The van der Waals surface area contributed by atoms with Crippen molar-refractivity contribution >= 4 is 12.1 Å². The van der Waals surface area contributed by atoms with Crippen molar-refractivity contribution < 1.29 is 19.1 Å². The van der Waals surface area contributed by atoms with Gasteiger partial charge in [0, 0.05) is 7.05 Å². The molecule has 0 N–H and O–H groups in total. The average molecular weight is 243 g/mol. The van der Waals surface area contributed by atoms with Gasteiger partial charge in [0.05, 0.1) is 7.11 Å². The van der Waals surface area contributed by atoms with Crippen LogP contribution in [0.5, 0.6) is 0 Å². The Morgan fingerprint density at radius 3 is 2.18 bits per heavy atom. The first-order valence-electron chi connectivity index (χ1n) is 5.80. The third-order valence-corrected chi connectivity index (χ3v) is 2.61. The molecule has 17 heavy (non-hydrogen) atoms. The van der Waals surface area contributed by atoms with Crippen molar-refractivity contribution in [1.29, 1.82) is 0 Å². The van der Waals surface area contributed by atoms with Crippen LogP contribution in [0.4, 0.5) is 4.79 Å². The normalized spacial score (nSPS) is 17.2. The first kappa shape index (κ1) is 13.8. The molecule has 98 valence electrons. The summed E-state index contributed by atoms with van der Waals surface area (Å²) in [4.78, 5) is 24.8. The predicted octanol–water partition coefficient (Wildman–Crippen LogP) is 1.80. The smallest absolute Gasteiger partial charge is 0.410 e. The van der Waals surface area contributed by atoms with Crippen molar-refractivity contribution in [3.8, 4) is 0 Å². The third-order valence-electron chi connectivity index (χ3n) is 2.61. The predicted molar refractivity (Wildman–Crippen MR) is 62.5 cm³/mol. The Labute approximate surface area is 102 Å². The summed E-state index contributed by atoms with van der Waals surface area (Å²) in [5.74, 6) is -0.166. The van der Waals surface area contributed by atoms with E-state index in [1.165, 1.54) is 12.0 Å². The molecule has 5 nitrogen and oxygen atoms in total. The van der Waals surface area contributed by atoms with Crippen molar-refractivity contribution in [3.05, 3.63) is 0 Å². The van der Waals surface area contributed by atoms with Crippen LogP contribution in [0.2, 0.25) is 0 Å². The SMILES string of the molecule is COC(=O)[C@H](C1CC1)N(C)C(=O)OC(C)(C)C.